The van der Waals surface area contributed by atoms with Crippen LogP contribution < -0.4 is 5.32 Å². The van der Waals surface area contributed by atoms with Crippen LogP contribution in [-0.2, 0) is 9.47 Å². The fourth-order valence-corrected chi connectivity index (χ4v) is 4.27. The molecule has 0 aliphatic carbocycles. The van der Waals surface area contributed by atoms with Gasteiger partial charge in [0.2, 0.25) is 0 Å². The Kier molecular flexibility index (Phi) is 4.61. The molecule has 4 rings (SSSR count). The molecule has 0 radical (unpaired) electrons. The lowest BCUT2D eigenvalue weighted by atomic mass is 9.92. The van der Waals surface area contributed by atoms with Gasteiger partial charge in [-0.05, 0) is 44.0 Å². The van der Waals surface area contributed by atoms with Crippen molar-refractivity contribution in [3.63, 3.8) is 0 Å². The molecule has 5 atom stereocenters. The van der Waals surface area contributed by atoms with Crippen LogP contribution in [0.5, 0.6) is 0 Å². The minimum atomic E-state index is 0.161. The van der Waals surface area contributed by atoms with Gasteiger partial charge in [-0.3, -0.25) is 0 Å². The molecular weight excluding hydrogens is 312 g/mol. The summed E-state index contributed by atoms with van der Waals surface area (Å²) in [6, 6.07) is 8.79. The first-order chi connectivity index (χ1) is 11.2. The number of ether oxygens (including phenoxy) is 2. The second-order valence-corrected chi connectivity index (χ2v) is 7.52. The quantitative estimate of drug-likeness (QED) is 0.916. The second kappa shape index (κ2) is 6.69. The van der Waals surface area contributed by atoms with Crippen molar-refractivity contribution in [3.05, 3.63) is 34.9 Å². The minimum absolute atomic E-state index is 0.161. The number of benzene rings is 1. The topological polar surface area (TPSA) is 33.7 Å². The van der Waals surface area contributed by atoms with Gasteiger partial charge in [0.15, 0.2) is 0 Å². The van der Waals surface area contributed by atoms with Crippen molar-refractivity contribution in [1.82, 2.24) is 10.2 Å². The van der Waals surface area contributed by atoms with E-state index in [4.69, 9.17) is 21.1 Å². The highest BCUT2D eigenvalue weighted by Gasteiger charge is 2.42. The van der Waals surface area contributed by atoms with Gasteiger partial charge in [0.05, 0.1) is 31.0 Å². The van der Waals surface area contributed by atoms with Crippen LogP contribution in [0.2, 0.25) is 5.02 Å². The molecule has 23 heavy (non-hydrogen) atoms. The zero-order valence-corrected chi connectivity index (χ0v) is 14.3. The van der Waals surface area contributed by atoms with Gasteiger partial charge in [-0.25, -0.2) is 0 Å². The van der Waals surface area contributed by atoms with Crippen LogP contribution in [0.15, 0.2) is 24.3 Å². The van der Waals surface area contributed by atoms with E-state index >= 15 is 0 Å². The van der Waals surface area contributed by atoms with E-state index < -0.39 is 0 Å². The number of nitrogens with zero attached hydrogens (tertiary/aromatic N) is 1. The molecule has 1 N–H and O–H groups in total. The molecule has 1 aromatic rings. The normalized spacial score (nSPS) is 35.6. The first-order valence-corrected chi connectivity index (χ1v) is 9.04. The second-order valence-electron chi connectivity index (χ2n) is 7.08. The highest BCUT2D eigenvalue weighted by molar-refractivity contribution is 6.30. The number of fused-ring (bicyclic) bond motifs is 2. The highest BCUT2D eigenvalue weighted by Crippen LogP contribution is 2.36. The van der Waals surface area contributed by atoms with Crippen LogP contribution in [-0.4, -0.2) is 56.0 Å². The Labute approximate surface area is 143 Å². The SMILES string of the molecule is CN1CCO[C@H]([C@H](N[C@@H]2C[C@H]3CC[C@H]2O3)c2ccc(Cl)cc2)C1. The van der Waals surface area contributed by atoms with Gasteiger partial charge in [0, 0.05) is 24.2 Å². The maximum absolute atomic E-state index is 6.11. The van der Waals surface area contributed by atoms with E-state index in [2.05, 4.69) is 29.4 Å². The monoisotopic (exact) mass is 336 g/mol. The Hall–Kier alpha value is -0.650. The third-order valence-corrected chi connectivity index (χ3v) is 5.65. The summed E-state index contributed by atoms with van der Waals surface area (Å²) in [6.07, 6.45) is 4.51. The molecular formula is C18H25ClN2O2. The molecule has 3 aliphatic rings. The third kappa shape index (κ3) is 3.42. The summed E-state index contributed by atoms with van der Waals surface area (Å²) in [5.41, 5.74) is 1.25. The van der Waals surface area contributed by atoms with E-state index in [0.717, 1.165) is 31.1 Å². The van der Waals surface area contributed by atoms with Gasteiger partial charge in [0.25, 0.3) is 0 Å². The Morgan fingerprint density at radius 1 is 1.26 bits per heavy atom. The molecule has 1 aromatic carbocycles. The lowest BCUT2D eigenvalue weighted by Gasteiger charge is -2.38. The number of rotatable bonds is 4. The minimum Gasteiger partial charge on any atom is -0.374 e. The molecule has 5 heteroatoms. The molecule has 0 unspecified atom stereocenters. The van der Waals surface area contributed by atoms with Crippen molar-refractivity contribution in [1.29, 1.82) is 0 Å². The smallest absolute Gasteiger partial charge is 0.0896 e. The van der Waals surface area contributed by atoms with Crippen LogP contribution in [0.3, 0.4) is 0 Å². The number of morpholine rings is 1. The molecule has 3 saturated heterocycles. The predicted octanol–water partition coefficient (Wildman–Crippen LogP) is 2.62. The number of halogens is 1. The van der Waals surface area contributed by atoms with Gasteiger partial charge in [-0.2, -0.15) is 0 Å². The van der Waals surface area contributed by atoms with E-state index in [1.54, 1.807) is 0 Å². The largest absolute Gasteiger partial charge is 0.374 e. The summed E-state index contributed by atoms with van der Waals surface area (Å²) in [7, 11) is 2.16. The fraction of sp³-hybridized carbons (Fsp3) is 0.667. The molecule has 2 bridgehead atoms. The van der Waals surface area contributed by atoms with Crippen LogP contribution in [0.4, 0.5) is 0 Å². The standard InChI is InChI=1S/C18H25ClN2O2/c1-21-8-9-22-17(11-21)18(12-2-4-13(19)5-3-12)20-15-10-14-6-7-16(15)23-14/h2-5,14-18,20H,6-11H2,1H3/t14-,15-,16-,17+,18-/m1/s1. The molecule has 3 aliphatic heterocycles. The van der Waals surface area contributed by atoms with Crippen molar-refractivity contribution in [2.75, 3.05) is 26.7 Å². The number of hydrogen-bond donors (Lipinski definition) is 1. The van der Waals surface area contributed by atoms with Crippen LogP contribution in [0.1, 0.15) is 30.9 Å². The first-order valence-electron chi connectivity index (χ1n) is 8.66. The van der Waals surface area contributed by atoms with Crippen molar-refractivity contribution >= 4 is 11.6 Å². The van der Waals surface area contributed by atoms with Crippen LogP contribution in [0.25, 0.3) is 0 Å². The maximum Gasteiger partial charge on any atom is 0.0896 e. The van der Waals surface area contributed by atoms with Gasteiger partial charge in [0.1, 0.15) is 0 Å². The van der Waals surface area contributed by atoms with Crippen molar-refractivity contribution in [2.24, 2.45) is 0 Å². The van der Waals surface area contributed by atoms with Crippen molar-refractivity contribution < 1.29 is 9.47 Å². The maximum atomic E-state index is 6.11. The lowest BCUT2D eigenvalue weighted by molar-refractivity contribution is -0.0426. The predicted molar refractivity (Wildman–Crippen MR) is 90.9 cm³/mol. The number of hydrogen-bond acceptors (Lipinski definition) is 4. The molecule has 3 fully saturated rings. The number of nitrogens with one attached hydrogen (secondary N) is 1. The van der Waals surface area contributed by atoms with E-state index in [0.29, 0.717) is 18.2 Å². The van der Waals surface area contributed by atoms with E-state index in [1.165, 1.54) is 18.4 Å². The Morgan fingerprint density at radius 3 is 2.74 bits per heavy atom. The average molecular weight is 337 g/mol. The number of likely N-dealkylation sites (N-methyl/N-ethyl adjacent to an activating group) is 1. The Balaban J connectivity index is 1.54. The molecule has 4 nitrogen and oxygen atoms in total. The molecule has 3 heterocycles. The van der Waals surface area contributed by atoms with Crippen molar-refractivity contribution in [2.45, 2.75) is 49.7 Å². The summed E-state index contributed by atoms with van der Waals surface area (Å²) in [6.45, 7) is 2.74. The third-order valence-electron chi connectivity index (χ3n) is 5.40. The van der Waals surface area contributed by atoms with Crippen LogP contribution >= 0.6 is 11.6 Å². The summed E-state index contributed by atoms with van der Waals surface area (Å²) in [5.74, 6) is 0. The summed E-state index contributed by atoms with van der Waals surface area (Å²) in [4.78, 5) is 2.34. The molecule has 0 amide bonds. The van der Waals surface area contributed by atoms with E-state index in [-0.39, 0.29) is 12.1 Å². The van der Waals surface area contributed by atoms with Gasteiger partial charge in [-0.15, -0.1) is 0 Å². The molecule has 126 valence electrons. The van der Waals surface area contributed by atoms with Crippen LogP contribution in [0, 0.1) is 0 Å². The molecule has 0 aromatic heterocycles. The Morgan fingerprint density at radius 2 is 2.09 bits per heavy atom. The lowest BCUT2D eigenvalue weighted by Crippen LogP contribution is -2.50. The van der Waals surface area contributed by atoms with E-state index in [1.807, 2.05) is 12.1 Å². The van der Waals surface area contributed by atoms with Gasteiger partial charge >= 0.3 is 0 Å². The van der Waals surface area contributed by atoms with Crippen molar-refractivity contribution in [3.8, 4) is 0 Å². The summed E-state index contributed by atoms with van der Waals surface area (Å²) >= 11 is 6.07. The fourth-order valence-electron chi connectivity index (χ4n) is 4.14. The van der Waals surface area contributed by atoms with Gasteiger partial charge in [-0.1, -0.05) is 23.7 Å². The van der Waals surface area contributed by atoms with E-state index in [9.17, 15) is 0 Å². The molecule has 0 saturated carbocycles. The van der Waals surface area contributed by atoms with Gasteiger partial charge < -0.3 is 19.7 Å². The highest BCUT2D eigenvalue weighted by atomic mass is 35.5. The molecule has 0 spiro atoms. The zero-order chi connectivity index (χ0) is 15.8. The summed E-state index contributed by atoms with van der Waals surface area (Å²) in [5, 5.41) is 4.63. The summed E-state index contributed by atoms with van der Waals surface area (Å²) < 4.78 is 12.1. The first kappa shape index (κ1) is 15.9. The Bertz CT molecular complexity index is 538. The average Bonchev–Trinajstić information content (AvgIpc) is 3.16. The zero-order valence-electron chi connectivity index (χ0n) is 13.6.